The van der Waals surface area contributed by atoms with E-state index in [1.165, 1.54) is 14.2 Å². The summed E-state index contributed by atoms with van der Waals surface area (Å²) in [4.78, 5) is 27.9. The lowest BCUT2D eigenvalue weighted by Gasteiger charge is -2.28. The molecule has 1 aliphatic heterocycles. The molecule has 0 aromatic heterocycles. The van der Waals surface area contributed by atoms with Gasteiger partial charge in [0, 0.05) is 30.4 Å². The van der Waals surface area contributed by atoms with E-state index < -0.39 is 0 Å². The third-order valence-electron chi connectivity index (χ3n) is 5.15. The van der Waals surface area contributed by atoms with Crippen LogP contribution >= 0.6 is 0 Å². The average Bonchev–Trinajstić information content (AvgIpc) is 2.75. The molecule has 7 heteroatoms. The van der Waals surface area contributed by atoms with Crippen LogP contribution in [0.5, 0.6) is 11.5 Å². The number of rotatable bonds is 5. The predicted molar refractivity (Wildman–Crippen MR) is 113 cm³/mol. The predicted octanol–water partition coefficient (Wildman–Crippen LogP) is 3.47. The minimum atomic E-state index is -0.338. The fraction of sp³-hybridized carbons (Fsp3) is 0.364. The van der Waals surface area contributed by atoms with E-state index in [9.17, 15) is 9.59 Å². The van der Waals surface area contributed by atoms with Crippen molar-refractivity contribution in [1.82, 2.24) is 4.90 Å². The van der Waals surface area contributed by atoms with E-state index in [2.05, 4.69) is 5.32 Å². The van der Waals surface area contributed by atoms with Crippen molar-refractivity contribution in [2.75, 3.05) is 38.4 Å². The van der Waals surface area contributed by atoms with Crippen LogP contribution in [-0.4, -0.2) is 44.0 Å². The van der Waals surface area contributed by atoms with Crippen molar-refractivity contribution in [2.45, 2.75) is 26.2 Å². The Labute approximate surface area is 170 Å². The molecule has 29 heavy (non-hydrogen) atoms. The Morgan fingerprint density at radius 2 is 1.62 bits per heavy atom. The number of ether oxygens (including phenoxy) is 2. The maximum atomic E-state index is 13.2. The van der Waals surface area contributed by atoms with Crippen molar-refractivity contribution in [1.29, 1.82) is 0 Å². The molecule has 1 fully saturated rings. The number of methoxy groups -OCH3 is 2. The van der Waals surface area contributed by atoms with E-state index in [1.807, 2.05) is 11.8 Å². The highest BCUT2D eigenvalue weighted by atomic mass is 16.5. The largest absolute Gasteiger partial charge is 0.493 e. The molecule has 1 heterocycles. The molecule has 0 atom stereocenters. The quantitative estimate of drug-likeness (QED) is 0.754. The van der Waals surface area contributed by atoms with Crippen LogP contribution in [0.2, 0.25) is 0 Å². The molecular formula is C22H27N3O4. The summed E-state index contributed by atoms with van der Waals surface area (Å²) in [5.74, 6) is 0.397. The Morgan fingerprint density at radius 3 is 2.28 bits per heavy atom. The third kappa shape index (κ3) is 4.45. The van der Waals surface area contributed by atoms with Gasteiger partial charge in [0.2, 0.25) is 0 Å². The van der Waals surface area contributed by atoms with Crippen molar-refractivity contribution in [2.24, 2.45) is 0 Å². The van der Waals surface area contributed by atoms with Gasteiger partial charge in [-0.15, -0.1) is 0 Å². The van der Waals surface area contributed by atoms with Gasteiger partial charge in [0.15, 0.2) is 11.5 Å². The zero-order valence-corrected chi connectivity index (χ0v) is 17.1. The Morgan fingerprint density at radius 1 is 0.966 bits per heavy atom. The standard InChI is InChI=1S/C22H27N3O4/c1-14-7-8-15(23)11-16(14)21(26)24-18-13-20(29-3)19(28-2)12-17(18)22(27)25-9-5-4-6-10-25/h7-8,11-13H,4-6,9-10,23H2,1-3H3,(H,24,26). The van der Waals surface area contributed by atoms with E-state index in [-0.39, 0.29) is 11.8 Å². The molecule has 1 aliphatic rings. The van der Waals surface area contributed by atoms with Crippen LogP contribution in [-0.2, 0) is 0 Å². The zero-order chi connectivity index (χ0) is 21.0. The van der Waals surface area contributed by atoms with Crippen LogP contribution in [0.25, 0.3) is 0 Å². The van der Waals surface area contributed by atoms with Gasteiger partial charge in [-0.2, -0.15) is 0 Å². The van der Waals surface area contributed by atoms with Crippen LogP contribution in [0.3, 0.4) is 0 Å². The molecule has 154 valence electrons. The van der Waals surface area contributed by atoms with Crippen molar-refractivity contribution in [3.63, 3.8) is 0 Å². The number of carbonyl (C=O) groups is 2. The molecule has 3 rings (SSSR count). The maximum absolute atomic E-state index is 13.2. The molecule has 7 nitrogen and oxygen atoms in total. The lowest BCUT2D eigenvalue weighted by atomic mass is 10.0. The summed E-state index contributed by atoms with van der Waals surface area (Å²) in [7, 11) is 3.03. The first-order valence-electron chi connectivity index (χ1n) is 9.67. The lowest BCUT2D eigenvalue weighted by molar-refractivity contribution is 0.0725. The number of amides is 2. The normalized spacial score (nSPS) is 13.7. The second kappa shape index (κ2) is 8.86. The van der Waals surface area contributed by atoms with Gasteiger partial charge in [0.25, 0.3) is 11.8 Å². The Hall–Kier alpha value is -3.22. The SMILES string of the molecule is COc1cc(NC(=O)c2cc(N)ccc2C)c(C(=O)N2CCCCC2)cc1OC. The van der Waals surface area contributed by atoms with E-state index in [0.717, 1.165) is 24.8 Å². The van der Waals surface area contributed by atoms with Crippen molar-refractivity contribution in [3.05, 3.63) is 47.0 Å². The molecule has 0 saturated carbocycles. The van der Waals surface area contributed by atoms with Crippen LogP contribution in [0.4, 0.5) is 11.4 Å². The monoisotopic (exact) mass is 397 g/mol. The van der Waals surface area contributed by atoms with Gasteiger partial charge in [0.05, 0.1) is 25.5 Å². The first-order valence-corrected chi connectivity index (χ1v) is 9.67. The Kier molecular flexibility index (Phi) is 6.26. The molecule has 0 spiro atoms. The molecule has 0 radical (unpaired) electrons. The number of nitrogens with zero attached hydrogens (tertiary/aromatic N) is 1. The van der Waals surface area contributed by atoms with Gasteiger partial charge in [-0.05, 0) is 49.9 Å². The van der Waals surface area contributed by atoms with Crippen LogP contribution < -0.4 is 20.5 Å². The van der Waals surface area contributed by atoms with Crippen LogP contribution in [0.1, 0.15) is 45.5 Å². The molecule has 3 N–H and O–H groups in total. The highest BCUT2D eigenvalue weighted by molar-refractivity contribution is 6.10. The van der Waals surface area contributed by atoms with Gasteiger partial charge < -0.3 is 25.4 Å². The number of nitrogens with two attached hydrogens (primary N) is 1. The molecule has 1 saturated heterocycles. The fourth-order valence-electron chi connectivity index (χ4n) is 3.50. The summed E-state index contributed by atoms with van der Waals surface area (Å²) in [5.41, 5.74) is 8.34. The summed E-state index contributed by atoms with van der Waals surface area (Å²) in [6.45, 7) is 3.24. The summed E-state index contributed by atoms with van der Waals surface area (Å²) in [5, 5.41) is 2.86. The number of likely N-dealkylation sites (tertiary alicyclic amines) is 1. The first kappa shape index (κ1) is 20.5. The lowest BCUT2D eigenvalue weighted by Crippen LogP contribution is -2.36. The highest BCUT2D eigenvalue weighted by Crippen LogP contribution is 2.35. The van der Waals surface area contributed by atoms with Gasteiger partial charge in [-0.1, -0.05) is 6.07 Å². The Bertz CT molecular complexity index is 921. The summed E-state index contributed by atoms with van der Waals surface area (Å²) in [6.07, 6.45) is 3.07. The first-order chi connectivity index (χ1) is 13.9. The van der Waals surface area contributed by atoms with Crippen LogP contribution in [0.15, 0.2) is 30.3 Å². The number of benzene rings is 2. The number of anilines is 2. The van der Waals surface area contributed by atoms with Gasteiger partial charge in [0.1, 0.15) is 0 Å². The number of piperidine rings is 1. The molecule has 0 aliphatic carbocycles. The van der Waals surface area contributed by atoms with E-state index in [0.29, 0.717) is 47.1 Å². The zero-order valence-electron chi connectivity index (χ0n) is 17.1. The Balaban J connectivity index is 2.00. The van der Waals surface area contributed by atoms with E-state index >= 15 is 0 Å². The number of nitrogen functional groups attached to an aromatic ring is 1. The number of carbonyl (C=O) groups excluding carboxylic acids is 2. The maximum Gasteiger partial charge on any atom is 0.256 e. The highest BCUT2D eigenvalue weighted by Gasteiger charge is 2.24. The van der Waals surface area contributed by atoms with E-state index in [1.54, 1.807) is 30.3 Å². The second-order valence-electron chi connectivity index (χ2n) is 7.13. The molecule has 0 bridgehead atoms. The minimum Gasteiger partial charge on any atom is -0.493 e. The average molecular weight is 397 g/mol. The topological polar surface area (TPSA) is 93.9 Å². The summed E-state index contributed by atoms with van der Waals surface area (Å²) >= 11 is 0. The molecule has 2 amide bonds. The number of hydrogen-bond donors (Lipinski definition) is 2. The van der Waals surface area contributed by atoms with E-state index in [4.69, 9.17) is 15.2 Å². The number of nitrogens with one attached hydrogen (secondary N) is 1. The third-order valence-corrected chi connectivity index (χ3v) is 5.15. The minimum absolute atomic E-state index is 0.134. The molecule has 0 unspecified atom stereocenters. The second-order valence-corrected chi connectivity index (χ2v) is 7.13. The summed E-state index contributed by atoms with van der Waals surface area (Å²) in [6, 6.07) is 8.40. The van der Waals surface area contributed by atoms with Gasteiger partial charge >= 0.3 is 0 Å². The number of hydrogen-bond acceptors (Lipinski definition) is 5. The van der Waals surface area contributed by atoms with Gasteiger partial charge in [-0.3, -0.25) is 9.59 Å². The smallest absolute Gasteiger partial charge is 0.256 e. The summed E-state index contributed by atoms with van der Waals surface area (Å²) < 4.78 is 10.7. The van der Waals surface area contributed by atoms with Gasteiger partial charge in [-0.25, -0.2) is 0 Å². The molecular weight excluding hydrogens is 370 g/mol. The van der Waals surface area contributed by atoms with Crippen LogP contribution in [0, 0.1) is 6.92 Å². The fourth-order valence-corrected chi connectivity index (χ4v) is 3.50. The molecule has 2 aromatic rings. The molecule has 2 aromatic carbocycles. The van der Waals surface area contributed by atoms with Crippen molar-refractivity contribution in [3.8, 4) is 11.5 Å². The number of aryl methyl sites for hydroxylation is 1. The van der Waals surface area contributed by atoms with Crippen molar-refractivity contribution >= 4 is 23.2 Å². The van der Waals surface area contributed by atoms with Crippen molar-refractivity contribution < 1.29 is 19.1 Å².